The van der Waals surface area contributed by atoms with E-state index in [2.05, 4.69) is 15.7 Å². The Kier molecular flexibility index (Phi) is 8.59. The van der Waals surface area contributed by atoms with Crippen molar-refractivity contribution in [1.82, 2.24) is 9.47 Å². The summed E-state index contributed by atoms with van der Waals surface area (Å²) in [5.41, 5.74) is 3.30. The number of fused-ring (bicyclic) bond motifs is 1. The molecule has 1 saturated heterocycles. The lowest BCUT2D eigenvalue weighted by atomic mass is 10.1. The van der Waals surface area contributed by atoms with Crippen LogP contribution in [0.3, 0.4) is 0 Å². The summed E-state index contributed by atoms with van der Waals surface area (Å²) >= 11 is 6.23. The minimum Gasteiger partial charge on any atom is -0.478 e. The zero-order valence-electron chi connectivity index (χ0n) is 17.8. The predicted octanol–water partition coefficient (Wildman–Crippen LogP) is 4.01. The molecule has 4 rings (SSSR count). The molecular weight excluding hydrogens is 453 g/mol. The molecule has 1 fully saturated rings. The minimum atomic E-state index is -1.26. The van der Waals surface area contributed by atoms with E-state index in [0.717, 1.165) is 60.9 Å². The number of aromatic nitrogens is 1. The van der Waals surface area contributed by atoms with Crippen molar-refractivity contribution in [2.75, 3.05) is 32.8 Å². The van der Waals surface area contributed by atoms with Crippen LogP contribution in [0.1, 0.15) is 5.56 Å². The molecular formula is C24H24ClFN2O5. The van der Waals surface area contributed by atoms with Gasteiger partial charge in [-0.2, -0.15) is 0 Å². The number of aliphatic carboxylic acids is 2. The molecule has 0 radical (unpaired) electrons. The highest BCUT2D eigenvalue weighted by Gasteiger charge is 2.14. The highest BCUT2D eigenvalue weighted by Crippen LogP contribution is 2.28. The summed E-state index contributed by atoms with van der Waals surface area (Å²) in [6.07, 6.45) is 4.21. The lowest BCUT2D eigenvalue weighted by Crippen LogP contribution is -2.37. The van der Waals surface area contributed by atoms with E-state index in [1.54, 1.807) is 12.1 Å². The Morgan fingerprint density at radius 1 is 1.18 bits per heavy atom. The molecule has 3 aromatic rings. The number of hydrogen-bond donors (Lipinski definition) is 2. The predicted molar refractivity (Wildman–Crippen MR) is 124 cm³/mol. The first-order chi connectivity index (χ1) is 15.8. The molecule has 0 spiro atoms. The maximum Gasteiger partial charge on any atom is 0.328 e. The molecule has 0 aliphatic carbocycles. The number of ether oxygens (including phenoxy) is 1. The molecule has 2 heterocycles. The third-order valence-corrected chi connectivity index (χ3v) is 5.36. The molecule has 2 aromatic carbocycles. The van der Waals surface area contributed by atoms with Gasteiger partial charge < -0.3 is 19.5 Å². The quantitative estimate of drug-likeness (QED) is 0.522. The largest absolute Gasteiger partial charge is 0.478 e. The second kappa shape index (κ2) is 11.6. The first-order valence-electron chi connectivity index (χ1n) is 10.3. The van der Waals surface area contributed by atoms with Crippen molar-refractivity contribution in [1.29, 1.82) is 0 Å². The smallest absolute Gasteiger partial charge is 0.328 e. The Morgan fingerprint density at radius 2 is 1.88 bits per heavy atom. The highest BCUT2D eigenvalue weighted by atomic mass is 35.5. The van der Waals surface area contributed by atoms with E-state index >= 15 is 0 Å². The van der Waals surface area contributed by atoms with Crippen LogP contribution in [0.2, 0.25) is 5.02 Å². The van der Waals surface area contributed by atoms with Gasteiger partial charge in [0.2, 0.25) is 0 Å². The van der Waals surface area contributed by atoms with Crippen molar-refractivity contribution >= 4 is 34.4 Å². The van der Waals surface area contributed by atoms with Crippen LogP contribution in [-0.2, 0) is 20.7 Å². The van der Waals surface area contributed by atoms with Gasteiger partial charge in [-0.15, -0.1) is 0 Å². The number of morpholine rings is 1. The van der Waals surface area contributed by atoms with Gasteiger partial charge >= 0.3 is 11.9 Å². The summed E-state index contributed by atoms with van der Waals surface area (Å²) in [6, 6.07) is 12.5. The molecule has 0 bridgehead atoms. The average molecular weight is 477 g/mol. The Balaban J connectivity index is 0.000000331. The van der Waals surface area contributed by atoms with Crippen molar-refractivity contribution in [2.24, 2.45) is 0 Å². The number of rotatable bonds is 6. The molecule has 1 aromatic heterocycles. The summed E-state index contributed by atoms with van der Waals surface area (Å²) in [6.45, 7) is 4.58. The third kappa shape index (κ3) is 7.15. The van der Waals surface area contributed by atoms with E-state index in [-0.39, 0.29) is 5.82 Å². The Bertz CT molecular complexity index is 1120. The zero-order chi connectivity index (χ0) is 23.8. The SMILES string of the molecule is Fc1ccc(-n2cc(CCN3CCOCC3)c3cc(Cl)ccc32)cc1.O=C(O)/C=C/[14C](=O)O. The van der Waals surface area contributed by atoms with Crippen molar-refractivity contribution in [3.63, 3.8) is 0 Å². The number of nitrogens with zero attached hydrogens (tertiary/aromatic N) is 2. The molecule has 1 aliphatic heterocycles. The minimum absolute atomic E-state index is 0.226. The van der Waals surface area contributed by atoms with Crippen molar-refractivity contribution in [3.05, 3.63) is 77.2 Å². The standard InChI is InChI=1S/C20H20ClFN2O.C4H4O4/c21-16-1-6-20-19(13-16)15(7-8-23-9-11-25-12-10-23)14-24(20)18-4-2-17(22)3-5-18;5-3(6)1-2-4(7)8/h1-6,13-14H,7-12H2;1-2H,(H,5,6)(H,7,8)/b;2-1+/i;3+2. The topological polar surface area (TPSA) is 92.0 Å². The molecule has 2 N–H and O–H groups in total. The van der Waals surface area contributed by atoms with Crippen LogP contribution in [0.5, 0.6) is 0 Å². The molecule has 0 atom stereocenters. The lowest BCUT2D eigenvalue weighted by Gasteiger charge is -2.26. The number of carbonyl (C=O) groups is 2. The van der Waals surface area contributed by atoms with Gasteiger partial charge in [-0.05, 0) is 54.4 Å². The van der Waals surface area contributed by atoms with E-state index < -0.39 is 11.9 Å². The fourth-order valence-corrected chi connectivity index (χ4v) is 3.70. The van der Waals surface area contributed by atoms with Crippen LogP contribution in [-0.4, -0.2) is 64.5 Å². The molecule has 9 heteroatoms. The van der Waals surface area contributed by atoms with Crippen LogP contribution >= 0.6 is 11.6 Å². The normalized spacial score (nSPS) is 14.2. The fraction of sp³-hybridized carbons (Fsp3) is 0.250. The van der Waals surface area contributed by atoms with Crippen molar-refractivity contribution in [2.45, 2.75) is 6.42 Å². The number of carboxylic acids is 2. The van der Waals surface area contributed by atoms with Gasteiger partial charge in [0.25, 0.3) is 0 Å². The van der Waals surface area contributed by atoms with E-state index in [0.29, 0.717) is 12.2 Å². The maximum atomic E-state index is 13.3. The number of halogens is 2. The molecule has 0 unspecified atom stereocenters. The van der Waals surface area contributed by atoms with Gasteiger partial charge in [-0.1, -0.05) is 11.6 Å². The van der Waals surface area contributed by atoms with Gasteiger partial charge in [0, 0.05) is 54.1 Å². The number of benzene rings is 2. The first kappa shape index (κ1) is 24.4. The highest BCUT2D eigenvalue weighted by molar-refractivity contribution is 6.31. The number of carboxylic acid groups (broad SMARTS) is 2. The van der Waals surface area contributed by atoms with Gasteiger partial charge in [-0.3, -0.25) is 4.90 Å². The van der Waals surface area contributed by atoms with Crippen LogP contribution in [0, 0.1) is 5.82 Å². The van der Waals surface area contributed by atoms with Gasteiger partial charge in [0.15, 0.2) is 0 Å². The summed E-state index contributed by atoms with van der Waals surface area (Å²) in [7, 11) is 0. The summed E-state index contributed by atoms with van der Waals surface area (Å²) in [4.78, 5) is 21.5. The van der Waals surface area contributed by atoms with E-state index in [4.69, 9.17) is 26.6 Å². The van der Waals surface area contributed by atoms with Crippen LogP contribution < -0.4 is 0 Å². The fourth-order valence-electron chi connectivity index (χ4n) is 3.53. The Morgan fingerprint density at radius 3 is 2.48 bits per heavy atom. The summed E-state index contributed by atoms with van der Waals surface area (Å²) in [5.74, 6) is -2.74. The Hall–Kier alpha value is -3.20. The molecule has 0 amide bonds. The van der Waals surface area contributed by atoms with Crippen LogP contribution in [0.15, 0.2) is 60.8 Å². The van der Waals surface area contributed by atoms with Crippen LogP contribution in [0.4, 0.5) is 4.39 Å². The molecule has 33 heavy (non-hydrogen) atoms. The molecule has 174 valence electrons. The molecule has 7 nitrogen and oxygen atoms in total. The monoisotopic (exact) mass is 476 g/mol. The zero-order valence-corrected chi connectivity index (χ0v) is 18.5. The van der Waals surface area contributed by atoms with Gasteiger partial charge in [0.05, 0.1) is 18.7 Å². The second-order valence-corrected chi connectivity index (χ2v) is 7.81. The molecule has 1 aliphatic rings. The molecule has 0 saturated carbocycles. The van der Waals surface area contributed by atoms with Gasteiger partial charge in [-0.25, -0.2) is 14.0 Å². The van der Waals surface area contributed by atoms with E-state index in [1.165, 1.54) is 17.7 Å². The van der Waals surface area contributed by atoms with Gasteiger partial charge in [0.1, 0.15) is 5.82 Å². The van der Waals surface area contributed by atoms with Crippen molar-refractivity contribution in [3.8, 4) is 5.69 Å². The van der Waals surface area contributed by atoms with Crippen LogP contribution in [0.25, 0.3) is 16.6 Å². The van der Waals surface area contributed by atoms with E-state index in [9.17, 15) is 14.0 Å². The Labute approximate surface area is 195 Å². The number of hydrogen-bond acceptors (Lipinski definition) is 4. The first-order valence-corrected chi connectivity index (χ1v) is 10.7. The average Bonchev–Trinajstić information content (AvgIpc) is 3.15. The van der Waals surface area contributed by atoms with Crippen molar-refractivity contribution < 1.29 is 28.9 Å². The maximum absolute atomic E-state index is 13.3. The second-order valence-electron chi connectivity index (χ2n) is 7.38. The lowest BCUT2D eigenvalue weighted by molar-refractivity contribution is -0.134. The third-order valence-electron chi connectivity index (χ3n) is 5.12. The summed E-state index contributed by atoms with van der Waals surface area (Å²) < 4.78 is 20.8. The van der Waals surface area contributed by atoms with E-state index in [1.807, 2.05) is 18.2 Å². The summed E-state index contributed by atoms with van der Waals surface area (Å²) in [5, 5.41) is 17.5.